The van der Waals surface area contributed by atoms with Crippen LogP contribution in [0.1, 0.15) is 49.4 Å². The highest BCUT2D eigenvalue weighted by molar-refractivity contribution is 7.92. The third kappa shape index (κ3) is 6.26. The van der Waals surface area contributed by atoms with Crippen molar-refractivity contribution in [2.45, 2.75) is 44.6 Å². The number of nitrogens with zero attached hydrogens (tertiary/aromatic N) is 2. The van der Waals surface area contributed by atoms with Crippen molar-refractivity contribution in [1.82, 2.24) is 5.32 Å². The van der Waals surface area contributed by atoms with Crippen LogP contribution < -0.4 is 14.4 Å². The fraction of sp³-hybridized carbons (Fsp3) is 0.296. The summed E-state index contributed by atoms with van der Waals surface area (Å²) in [5.41, 5.74) is 2.53. The first-order chi connectivity index (χ1) is 17.4. The van der Waals surface area contributed by atoms with Gasteiger partial charge in [0.2, 0.25) is 5.91 Å². The Morgan fingerprint density at radius 2 is 1.70 bits per heavy atom. The van der Waals surface area contributed by atoms with Crippen LogP contribution in [0.15, 0.2) is 71.6 Å². The van der Waals surface area contributed by atoms with Gasteiger partial charge in [0, 0.05) is 12.1 Å². The number of hydrogen-bond donors (Lipinski definition) is 1. The van der Waals surface area contributed by atoms with Crippen molar-refractivity contribution >= 4 is 27.3 Å². The second-order valence-electron chi connectivity index (χ2n) is 9.00. The number of carbonyl (C=O) groups is 1. The van der Waals surface area contributed by atoms with Crippen LogP contribution in [0.2, 0.25) is 0 Å². The number of nitrogens with one attached hydrogen (secondary N) is 1. The van der Waals surface area contributed by atoms with E-state index in [1.165, 1.54) is 30.3 Å². The van der Waals surface area contributed by atoms with E-state index in [-0.39, 0.29) is 22.2 Å². The lowest BCUT2D eigenvalue weighted by molar-refractivity contribution is -0.384. The fourth-order valence-electron chi connectivity index (χ4n) is 4.10. The minimum atomic E-state index is -4.19. The summed E-state index contributed by atoms with van der Waals surface area (Å²) in [7, 11) is -2.58. The zero-order valence-electron chi connectivity index (χ0n) is 21.5. The summed E-state index contributed by atoms with van der Waals surface area (Å²) >= 11 is 0. The van der Waals surface area contributed by atoms with Crippen molar-refractivity contribution in [1.29, 1.82) is 0 Å². The molecule has 3 aromatic rings. The Morgan fingerprint density at radius 1 is 1.03 bits per heavy atom. The number of ether oxygens (including phenoxy) is 1. The molecule has 0 aliphatic carbocycles. The average molecular weight is 526 g/mol. The molecular formula is C27H31N3O6S. The topological polar surface area (TPSA) is 119 Å². The van der Waals surface area contributed by atoms with Gasteiger partial charge in [-0.05, 0) is 66.8 Å². The maximum atomic E-state index is 13.5. The number of anilines is 1. The normalized spacial score (nSPS) is 12.2. The van der Waals surface area contributed by atoms with Gasteiger partial charge >= 0.3 is 0 Å². The number of amides is 1. The van der Waals surface area contributed by atoms with Gasteiger partial charge in [-0.1, -0.05) is 38.1 Å². The first-order valence-corrected chi connectivity index (χ1v) is 13.2. The Bertz CT molecular complexity index is 1390. The van der Waals surface area contributed by atoms with E-state index in [1.54, 1.807) is 25.3 Å². The number of sulfonamides is 1. The van der Waals surface area contributed by atoms with Crippen molar-refractivity contribution in [2.75, 3.05) is 18.0 Å². The molecule has 37 heavy (non-hydrogen) atoms. The molecule has 0 spiro atoms. The highest BCUT2D eigenvalue weighted by Gasteiger charge is 2.29. The van der Waals surface area contributed by atoms with Crippen LogP contribution in [0.25, 0.3) is 0 Å². The summed E-state index contributed by atoms with van der Waals surface area (Å²) in [6.07, 6.45) is 0. The monoisotopic (exact) mass is 525 g/mol. The molecular weight excluding hydrogens is 494 g/mol. The summed E-state index contributed by atoms with van der Waals surface area (Å²) in [5, 5.41) is 14.2. The number of nitro groups is 1. The summed E-state index contributed by atoms with van der Waals surface area (Å²) in [4.78, 5) is 23.9. The molecule has 0 aliphatic rings. The second kappa shape index (κ2) is 11.4. The second-order valence-corrected chi connectivity index (χ2v) is 10.9. The van der Waals surface area contributed by atoms with Crippen molar-refractivity contribution in [3.63, 3.8) is 0 Å². The molecule has 0 saturated carbocycles. The maximum absolute atomic E-state index is 13.5. The lowest BCUT2D eigenvalue weighted by Crippen LogP contribution is -2.41. The van der Waals surface area contributed by atoms with E-state index < -0.39 is 33.4 Å². The van der Waals surface area contributed by atoms with Crippen LogP contribution in [-0.2, 0) is 14.8 Å². The minimum Gasteiger partial charge on any atom is -0.496 e. The van der Waals surface area contributed by atoms with Gasteiger partial charge in [0.25, 0.3) is 15.7 Å². The number of carbonyl (C=O) groups excluding carboxylic acids is 1. The Morgan fingerprint density at radius 3 is 2.30 bits per heavy atom. The number of aryl methyl sites for hydroxylation is 1. The lowest BCUT2D eigenvalue weighted by Gasteiger charge is -2.26. The number of rotatable bonds is 10. The molecule has 0 heterocycles. The predicted molar refractivity (Wildman–Crippen MR) is 142 cm³/mol. The molecule has 1 atom stereocenters. The molecule has 0 aliphatic heterocycles. The summed E-state index contributed by atoms with van der Waals surface area (Å²) in [6.45, 7) is 7.27. The van der Waals surface area contributed by atoms with Crippen LogP contribution >= 0.6 is 0 Å². The van der Waals surface area contributed by atoms with Crippen molar-refractivity contribution in [2.24, 2.45) is 0 Å². The lowest BCUT2D eigenvalue weighted by atomic mass is 9.93. The first-order valence-electron chi connectivity index (χ1n) is 11.8. The molecule has 196 valence electrons. The van der Waals surface area contributed by atoms with Gasteiger partial charge in [0.15, 0.2) is 0 Å². The molecule has 9 nitrogen and oxygen atoms in total. The summed E-state index contributed by atoms with van der Waals surface area (Å²) in [5.74, 6) is 0.401. The molecule has 1 amide bonds. The van der Waals surface area contributed by atoms with E-state index >= 15 is 0 Å². The molecule has 0 saturated heterocycles. The average Bonchev–Trinajstić information content (AvgIpc) is 2.87. The molecule has 0 fully saturated rings. The Labute approximate surface area is 217 Å². The van der Waals surface area contributed by atoms with Crippen LogP contribution in [0.3, 0.4) is 0 Å². The number of nitro benzene ring substituents is 1. The Hall–Kier alpha value is -3.92. The molecule has 0 unspecified atom stereocenters. The van der Waals surface area contributed by atoms with Gasteiger partial charge < -0.3 is 10.1 Å². The van der Waals surface area contributed by atoms with Gasteiger partial charge in [0.05, 0.1) is 28.7 Å². The zero-order chi connectivity index (χ0) is 27.3. The molecule has 0 aromatic heterocycles. The van der Waals surface area contributed by atoms with E-state index in [4.69, 9.17) is 4.74 Å². The number of benzene rings is 3. The van der Waals surface area contributed by atoms with Crippen LogP contribution in [0.4, 0.5) is 11.4 Å². The van der Waals surface area contributed by atoms with Gasteiger partial charge in [-0.2, -0.15) is 0 Å². The molecule has 10 heteroatoms. The van der Waals surface area contributed by atoms with Crippen LogP contribution in [0, 0.1) is 17.0 Å². The molecule has 3 aromatic carbocycles. The zero-order valence-corrected chi connectivity index (χ0v) is 22.3. The summed E-state index contributed by atoms with van der Waals surface area (Å²) < 4.78 is 33.4. The molecule has 3 rings (SSSR count). The van der Waals surface area contributed by atoms with Crippen molar-refractivity contribution in [3.05, 3.63) is 93.5 Å². The number of non-ortho nitro benzene ring substituents is 1. The van der Waals surface area contributed by atoms with Crippen LogP contribution in [0.5, 0.6) is 5.75 Å². The van der Waals surface area contributed by atoms with E-state index in [0.29, 0.717) is 0 Å². The number of hydrogen-bond acceptors (Lipinski definition) is 6. The fourth-order valence-corrected chi connectivity index (χ4v) is 5.54. The standard InChI is InChI=1S/C27H31N3O6S/c1-18(2)24-16-25(19(3)14-26(24)36-5)20(4)28-27(31)17-29(21-10-9-11-22(15-21)30(32)33)37(34,35)23-12-7-6-8-13-23/h6-16,18,20H,17H2,1-5H3,(H,28,31)/t20-/m1/s1. The molecule has 0 bridgehead atoms. The minimum absolute atomic E-state index is 0.0172. The van der Waals surface area contributed by atoms with Gasteiger partial charge in [-0.25, -0.2) is 8.42 Å². The highest BCUT2D eigenvalue weighted by Crippen LogP contribution is 2.32. The van der Waals surface area contributed by atoms with Crippen molar-refractivity contribution < 1.29 is 22.9 Å². The third-order valence-corrected chi connectivity index (χ3v) is 7.82. The van der Waals surface area contributed by atoms with Crippen molar-refractivity contribution in [3.8, 4) is 5.75 Å². The van der Waals surface area contributed by atoms with Gasteiger partial charge in [0.1, 0.15) is 12.3 Å². The largest absolute Gasteiger partial charge is 0.496 e. The SMILES string of the molecule is COc1cc(C)c([C@@H](C)NC(=O)CN(c2cccc([N+](=O)[O-])c2)S(=O)(=O)c2ccccc2)cc1C(C)C. The van der Waals surface area contributed by atoms with Crippen LogP contribution in [-0.4, -0.2) is 32.9 Å². The maximum Gasteiger partial charge on any atom is 0.271 e. The number of methoxy groups -OCH3 is 1. The molecule has 0 radical (unpaired) electrons. The van der Waals surface area contributed by atoms with E-state index in [2.05, 4.69) is 5.32 Å². The van der Waals surface area contributed by atoms with E-state index in [0.717, 1.165) is 32.8 Å². The smallest absolute Gasteiger partial charge is 0.271 e. The highest BCUT2D eigenvalue weighted by atomic mass is 32.2. The molecule has 1 N–H and O–H groups in total. The predicted octanol–water partition coefficient (Wildman–Crippen LogP) is 5.11. The Kier molecular flexibility index (Phi) is 8.54. The quantitative estimate of drug-likeness (QED) is 0.290. The van der Waals surface area contributed by atoms with Gasteiger partial charge in [-0.15, -0.1) is 0 Å². The van der Waals surface area contributed by atoms with Gasteiger partial charge in [-0.3, -0.25) is 19.2 Å². The Balaban J connectivity index is 1.95. The van der Waals surface area contributed by atoms with E-state index in [9.17, 15) is 23.3 Å². The third-order valence-electron chi connectivity index (χ3n) is 6.03. The summed E-state index contributed by atoms with van der Waals surface area (Å²) in [6, 6.07) is 16.3. The first kappa shape index (κ1) is 27.7. The van der Waals surface area contributed by atoms with E-state index in [1.807, 2.05) is 39.8 Å².